The van der Waals surface area contributed by atoms with Crippen molar-refractivity contribution < 1.29 is 22.6 Å². The first kappa shape index (κ1) is 29.2. The van der Waals surface area contributed by atoms with E-state index < -0.39 is 11.6 Å². The third-order valence-corrected chi connectivity index (χ3v) is 7.76. The maximum atomic E-state index is 15.1. The topological polar surface area (TPSA) is 18.5 Å². The minimum atomic E-state index is -0.981. The molecule has 1 aliphatic rings. The van der Waals surface area contributed by atoms with Gasteiger partial charge in [-0.15, -0.1) is 0 Å². The standard InChI is InChI=1S/C34H41F3O2/c1-3-5-7-9-21-38-32-20-18-29(33(36)34(32)37)26-14-12-25(13-15-26)28-17-16-27(22-30(28)35)31-19-11-24(23-39-31)10-8-6-4-2/h12-18,20,22,24,31H,3-11,19,21,23H2,1-2H3. The first-order chi connectivity index (χ1) is 19.0. The van der Waals surface area contributed by atoms with Gasteiger partial charge in [-0.05, 0) is 66.5 Å². The molecule has 2 atom stereocenters. The zero-order valence-electron chi connectivity index (χ0n) is 23.3. The largest absolute Gasteiger partial charge is 0.490 e. The molecule has 1 heterocycles. The van der Waals surface area contributed by atoms with Crippen LogP contribution in [0.5, 0.6) is 5.75 Å². The molecule has 2 unspecified atom stereocenters. The van der Waals surface area contributed by atoms with Gasteiger partial charge in [0.25, 0.3) is 0 Å². The highest BCUT2D eigenvalue weighted by atomic mass is 19.2. The Morgan fingerprint density at radius 2 is 1.44 bits per heavy atom. The maximum absolute atomic E-state index is 15.1. The second-order valence-corrected chi connectivity index (χ2v) is 10.7. The molecule has 0 aliphatic carbocycles. The van der Waals surface area contributed by atoms with E-state index in [0.717, 1.165) is 50.7 Å². The Morgan fingerprint density at radius 1 is 0.744 bits per heavy atom. The first-order valence-electron chi connectivity index (χ1n) is 14.6. The summed E-state index contributed by atoms with van der Waals surface area (Å²) < 4.78 is 56.2. The number of rotatable bonds is 13. The summed E-state index contributed by atoms with van der Waals surface area (Å²) in [4.78, 5) is 0. The van der Waals surface area contributed by atoms with Gasteiger partial charge in [-0.3, -0.25) is 0 Å². The van der Waals surface area contributed by atoms with Crippen molar-refractivity contribution in [2.75, 3.05) is 13.2 Å². The van der Waals surface area contributed by atoms with Crippen LogP contribution in [-0.2, 0) is 4.74 Å². The molecule has 0 N–H and O–H groups in total. The lowest BCUT2D eigenvalue weighted by atomic mass is 9.90. The van der Waals surface area contributed by atoms with Crippen LogP contribution in [0.25, 0.3) is 22.3 Å². The van der Waals surface area contributed by atoms with Crippen LogP contribution in [0.3, 0.4) is 0 Å². The molecule has 0 aromatic heterocycles. The van der Waals surface area contributed by atoms with Gasteiger partial charge in [0.05, 0.1) is 19.3 Å². The van der Waals surface area contributed by atoms with Crippen molar-refractivity contribution in [1.29, 1.82) is 0 Å². The fourth-order valence-corrected chi connectivity index (χ4v) is 5.35. The molecule has 3 aromatic rings. The SMILES string of the molecule is CCCCCCOc1ccc(-c2ccc(-c3ccc(C4CCC(CCCCC)CO4)cc3F)cc2)c(F)c1F. The van der Waals surface area contributed by atoms with Gasteiger partial charge >= 0.3 is 0 Å². The zero-order valence-corrected chi connectivity index (χ0v) is 23.3. The Balaban J connectivity index is 1.39. The maximum Gasteiger partial charge on any atom is 0.201 e. The molecule has 4 rings (SSSR count). The number of hydrogen-bond acceptors (Lipinski definition) is 2. The molecule has 5 heteroatoms. The second kappa shape index (κ2) is 14.6. The molecule has 1 fully saturated rings. The van der Waals surface area contributed by atoms with E-state index in [1.165, 1.54) is 37.8 Å². The van der Waals surface area contributed by atoms with E-state index in [-0.39, 0.29) is 23.2 Å². The highest BCUT2D eigenvalue weighted by Gasteiger charge is 2.23. The lowest BCUT2D eigenvalue weighted by Gasteiger charge is -2.29. The molecule has 1 aliphatic heterocycles. The van der Waals surface area contributed by atoms with Crippen molar-refractivity contribution >= 4 is 0 Å². The van der Waals surface area contributed by atoms with Gasteiger partial charge < -0.3 is 9.47 Å². The molecule has 0 amide bonds. The van der Waals surface area contributed by atoms with Crippen molar-refractivity contribution in [3.05, 3.63) is 77.6 Å². The van der Waals surface area contributed by atoms with Crippen LogP contribution in [0.15, 0.2) is 54.6 Å². The van der Waals surface area contributed by atoms with Crippen LogP contribution in [0, 0.1) is 23.4 Å². The van der Waals surface area contributed by atoms with Gasteiger partial charge in [-0.2, -0.15) is 4.39 Å². The minimum Gasteiger partial charge on any atom is -0.490 e. The van der Waals surface area contributed by atoms with Crippen molar-refractivity contribution in [1.82, 2.24) is 0 Å². The van der Waals surface area contributed by atoms with Gasteiger partial charge in [0, 0.05) is 11.1 Å². The normalized spacial score (nSPS) is 17.4. The Labute approximate surface area is 231 Å². The van der Waals surface area contributed by atoms with Crippen molar-refractivity contribution in [2.45, 2.75) is 84.2 Å². The minimum absolute atomic E-state index is 0.0690. The molecular formula is C34H41F3O2. The Bertz CT molecular complexity index is 1180. The molecule has 39 heavy (non-hydrogen) atoms. The molecule has 1 saturated heterocycles. The van der Waals surface area contributed by atoms with Crippen LogP contribution in [0.4, 0.5) is 13.2 Å². The van der Waals surface area contributed by atoms with Crippen molar-refractivity contribution in [3.8, 4) is 28.0 Å². The van der Waals surface area contributed by atoms with E-state index in [1.807, 2.05) is 6.07 Å². The van der Waals surface area contributed by atoms with E-state index in [4.69, 9.17) is 9.47 Å². The summed E-state index contributed by atoms with van der Waals surface area (Å²) in [5.41, 5.74) is 2.68. The number of hydrogen-bond donors (Lipinski definition) is 0. The van der Waals surface area contributed by atoms with Gasteiger partial charge in [-0.1, -0.05) is 88.8 Å². The summed E-state index contributed by atoms with van der Waals surface area (Å²) in [6, 6.07) is 15.1. The lowest BCUT2D eigenvalue weighted by molar-refractivity contribution is -0.0200. The molecule has 3 aromatic carbocycles. The summed E-state index contributed by atoms with van der Waals surface area (Å²) in [6.07, 6.45) is 10.9. The molecule has 0 saturated carbocycles. The second-order valence-electron chi connectivity index (χ2n) is 10.7. The Morgan fingerprint density at radius 3 is 2.10 bits per heavy atom. The third-order valence-electron chi connectivity index (χ3n) is 7.76. The van der Waals surface area contributed by atoms with E-state index in [0.29, 0.717) is 29.2 Å². The van der Waals surface area contributed by atoms with E-state index in [1.54, 1.807) is 36.4 Å². The van der Waals surface area contributed by atoms with Gasteiger partial charge in [0.1, 0.15) is 5.82 Å². The summed E-state index contributed by atoms with van der Waals surface area (Å²) in [6.45, 7) is 5.43. The lowest BCUT2D eigenvalue weighted by Crippen LogP contribution is -2.20. The van der Waals surface area contributed by atoms with Gasteiger partial charge in [-0.25, -0.2) is 8.78 Å². The van der Waals surface area contributed by atoms with Crippen LogP contribution in [0.1, 0.15) is 89.7 Å². The monoisotopic (exact) mass is 538 g/mol. The van der Waals surface area contributed by atoms with E-state index >= 15 is 4.39 Å². The predicted octanol–water partition coefficient (Wildman–Crippen LogP) is 10.4. The molecule has 0 radical (unpaired) electrons. The third kappa shape index (κ3) is 7.66. The fraction of sp³-hybridized carbons (Fsp3) is 0.471. The average Bonchev–Trinajstić information content (AvgIpc) is 2.96. The number of benzene rings is 3. The number of unbranched alkanes of at least 4 members (excludes halogenated alkanes) is 5. The Hall–Kier alpha value is -2.79. The van der Waals surface area contributed by atoms with Gasteiger partial charge in [0.15, 0.2) is 11.6 Å². The fourth-order valence-electron chi connectivity index (χ4n) is 5.35. The number of ether oxygens (including phenoxy) is 2. The summed E-state index contributed by atoms with van der Waals surface area (Å²) in [5.74, 6) is -1.70. The van der Waals surface area contributed by atoms with Crippen LogP contribution in [-0.4, -0.2) is 13.2 Å². The summed E-state index contributed by atoms with van der Waals surface area (Å²) >= 11 is 0. The van der Waals surface area contributed by atoms with Crippen LogP contribution >= 0.6 is 0 Å². The molecule has 2 nitrogen and oxygen atoms in total. The summed E-state index contributed by atoms with van der Waals surface area (Å²) in [5, 5.41) is 0. The van der Waals surface area contributed by atoms with Gasteiger partial charge in [0.2, 0.25) is 5.82 Å². The average molecular weight is 539 g/mol. The molecule has 0 bridgehead atoms. The summed E-state index contributed by atoms with van der Waals surface area (Å²) in [7, 11) is 0. The molecular weight excluding hydrogens is 497 g/mol. The molecule has 0 spiro atoms. The highest BCUT2D eigenvalue weighted by molar-refractivity contribution is 5.71. The Kier molecular flexibility index (Phi) is 10.9. The quantitative estimate of drug-likeness (QED) is 0.202. The van der Waals surface area contributed by atoms with E-state index in [2.05, 4.69) is 13.8 Å². The van der Waals surface area contributed by atoms with E-state index in [9.17, 15) is 8.78 Å². The zero-order chi connectivity index (χ0) is 27.6. The van der Waals surface area contributed by atoms with Crippen molar-refractivity contribution in [2.24, 2.45) is 5.92 Å². The van der Waals surface area contributed by atoms with Crippen LogP contribution in [0.2, 0.25) is 0 Å². The predicted molar refractivity (Wildman–Crippen MR) is 152 cm³/mol. The van der Waals surface area contributed by atoms with Crippen molar-refractivity contribution in [3.63, 3.8) is 0 Å². The number of halogens is 3. The van der Waals surface area contributed by atoms with Crippen LogP contribution < -0.4 is 4.74 Å². The first-order valence-corrected chi connectivity index (χ1v) is 14.6. The highest BCUT2D eigenvalue weighted by Crippen LogP contribution is 2.36. The molecule has 210 valence electrons. The smallest absolute Gasteiger partial charge is 0.201 e.